The average Bonchev–Trinajstić information content (AvgIpc) is 2.21. The third kappa shape index (κ3) is 4.14. The lowest BCUT2D eigenvalue weighted by atomic mass is 10.2. The number of ether oxygens (including phenoxy) is 1. The highest BCUT2D eigenvalue weighted by Gasteiger charge is 2.08. The monoisotopic (exact) mass is 306 g/mol. The van der Waals surface area contributed by atoms with Gasteiger partial charge in [-0.1, -0.05) is 22.9 Å². The highest BCUT2D eigenvalue weighted by Crippen LogP contribution is 2.22. The fourth-order valence-electron chi connectivity index (χ4n) is 1.20. The van der Waals surface area contributed by atoms with E-state index in [1.807, 2.05) is 25.1 Å². The van der Waals surface area contributed by atoms with Gasteiger partial charge in [0, 0.05) is 10.2 Å². The number of hydrogen-bond donors (Lipinski definition) is 0. The van der Waals surface area contributed by atoms with Gasteiger partial charge in [0.25, 0.3) is 0 Å². The predicted octanol–water partition coefficient (Wildman–Crippen LogP) is 2.57. The Balaban J connectivity index is 2.56. The van der Waals surface area contributed by atoms with Gasteiger partial charge >= 0.3 is 0 Å². The Kier molecular flexibility index (Phi) is 4.80. The molecule has 0 aliphatic rings. The zero-order valence-corrected chi connectivity index (χ0v) is 11.8. The number of benzene rings is 1. The molecular weight excluding hydrogens is 292 g/mol. The molecule has 90 valence electrons. The van der Waals surface area contributed by atoms with Crippen LogP contribution in [-0.4, -0.2) is 26.5 Å². The van der Waals surface area contributed by atoms with E-state index in [4.69, 9.17) is 4.74 Å². The molecule has 0 radical (unpaired) electrons. The summed E-state index contributed by atoms with van der Waals surface area (Å²) in [6, 6.07) is 5.64. The summed E-state index contributed by atoms with van der Waals surface area (Å²) in [5, 5.41) is 0. The van der Waals surface area contributed by atoms with Crippen molar-refractivity contribution in [1.82, 2.24) is 0 Å². The van der Waals surface area contributed by atoms with Crippen LogP contribution in [0, 0.1) is 6.92 Å². The predicted molar refractivity (Wildman–Crippen MR) is 68.7 cm³/mol. The van der Waals surface area contributed by atoms with E-state index in [9.17, 15) is 8.42 Å². The SMILES string of the molecule is CCS(=O)(=O)CCOc1ccc(Br)cc1C. The highest BCUT2D eigenvalue weighted by molar-refractivity contribution is 9.10. The van der Waals surface area contributed by atoms with Crippen molar-refractivity contribution in [1.29, 1.82) is 0 Å². The Hall–Kier alpha value is -0.550. The van der Waals surface area contributed by atoms with Crippen LogP contribution >= 0.6 is 15.9 Å². The molecule has 0 saturated heterocycles. The molecule has 0 heterocycles. The van der Waals surface area contributed by atoms with E-state index < -0.39 is 9.84 Å². The van der Waals surface area contributed by atoms with Crippen LogP contribution in [0.5, 0.6) is 5.75 Å². The molecule has 0 N–H and O–H groups in total. The van der Waals surface area contributed by atoms with Crippen molar-refractivity contribution in [3.05, 3.63) is 28.2 Å². The molecule has 0 fully saturated rings. The summed E-state index contributed by atoms with van der Waals surface area (Å²) in [5.74, 6) is 0.962. The molecule has 0 bridgehead atoms. The summed E-state index contributed by atoms with van der Waals surface area (Å²) in [5.41, 5.74) is 0.989. The quantitative estimate of drug-likeness (QED) is 0.840. The van der Waals surface area contributed by atoms with E-state index in [1.54, 1.807) is 6.92 Å². The third-order valence-electron chi connectivity index (χ3n) is 2.23. The van der Waals surface area contributed by atoms with Crippen molar-refractivity contribution in [2.24, 2.45) is 0 Å². The van der Waals surface area contributed by atoms with Crippen molar-refractivity contribution in [3.63, 3.8) is 0 Å². The summed E-state index contributed by atoms with van der Waals surface area (Å²) in [6.45, 7) is 3.77. The first kappa shape index (κ1) is 13.5. The summed E-state index contributed by atoms with van der Waals surface area (Å²) < 4.78 is 28.9. The zero-order valence-electron chi connectivity index (χ0n) is 9.36. The number of aryl methyl sites for hydroxylation is 1. The minimum absolute atomic E-state index is 0.0685. The van der Waals surface area contributed by atoms with Crippen LogP contribution in [-0.2, 0) is 9.84 Å². The fourth-order valence-corrected chi connectivity index (χ4v) is 2.30. The minimum Gasteiger partial charge on any atom is -0.492 e. The van der Waals surface area contributed by atoms with Crippen LogP contribution in [0.25, 0.3) is 0 Å². The van der Waals surface area contributed by atoms with Gasteiger partial charge < -0.3 is 4.74 Å². The van der Waals surface area contributed by atoms with E-state index in [0.29, 0.717) is 0 Å². The maximum Gasteiger partial charge on any atom is 0.153 e. The Morgan fingerprint density at radius 3 is 2.62 bits per heavy atom. The lowest BCUT2D eigenvalue weighted by Gasteiger charge is -2.09. The number of rotatable bonds is 5. The Bertz CT molecular complexity index is 454. The van der Waals surface area contributed by atoms with Gasteiger partial charge in [-0.25, -0.2) is 8.42 Å². The normalized spacial score (nSPS) is 11.4. The molecule has 0 aromatic heterocycles. The molecule has 1 aromatic carbocycles. The topological polar surface area (TPSA) is 43.4 Å². The maximum atomic E-state index is 11.2. The molecule has 0 saturated carbocycles. The van der Waals surface area contributed by atoms with Gasteiger partial charge in [-0.3, -0.25) is 0 Å². The van der Waals surface area contributed by atoms with E-state index in [-0.39, 0.29) is 18.1 Å². The maximum absolute atomic E-state index is 11.2. The summed E-state index contributed by atoms with van der Waals surface area (Å²) in [6.07, 6.45) is 0. The fraction of sp³-hybridized carbons (Fsp3) is 0.455. The Labute approximate surface area is 105 Å². The third-order valence-corrected chi connectivity index (χ3v) is 4.39. The van der Waals surface area contributed by atoms with Crippen LogP contribution in [0.15, 0.2) is 22.7 Å². The number of halogens is 1. The zero-order chi connectivity index (χ0) is 12.2. The summed E-state index contributed by atoms with van der Waals surface area (Å²) in [7, 11) is -2.94. The van der Waals surface area contributed by atoms with Gasteiger partial charge in [-0.05, 0) is 30.7 Å². The molecule has 5 heteroatoms. The molecular formula is C11H15BrO3S. The van der Waals surface area contributed by atoms with Crippen molar-refractivity contribution in [2.75, 3.05) is 18.1 Å². The molecule has 0 spiro atoms. The molecule has 0 aliphatic heterocycles. The van der Waals surface area contributed by atoms with Crippen molar-refractivity contribution >= 4 is 25.8 Å². The first-order chi connectivity index (χ1) is 7.44. The van der Waals surface area contributed by atoms with Gasteiger partial charge in [0.05, 0.1) is 5.75 Å². The Morgan fingerprint density at radius 1 is 1.38 bits per heavy atom. The highest BCUT2D eigenvalue weighted by atomic mass is 79.9. The van der Waals surface area contributed by atoms with Crippen LogP contribution < -0.4 is 4.74 Å². The molecule has 0 amide bonds. The number of sulfone groups is 1. The Morgan fingerprint density at radius 2 is 2.06 bits per heavy atom. The largest absolute Gasteiger partial charge is 0.492 e. The molecule has 1 aromatic rings. The summed E-state index contributed by atoms with van der Waals surface area (Å²) >= 11 is 3.36. The van der Waals surface area contributed by atoms with Crippen LogP contribution in [0.3, 0.4) is 0 Å². The second-order valence-electron chi connectivity index (χ2n) is 3.49. The van der Waals surface area contributed by atoms with Crippen molar-refractivity contribution in [2.45, 2.75) is 13.8 Å². The van der Waals surface area contributed by atoms with E-state index >= 15 is 0 Å². The van der Waals surface area contributed by atoms with Crippen LogP contribution in [0.2, 0.25) is 0 Å². The van der Waals surface area contributed by atoms with E-state index in [0.717, 1.165) is 15.8 Å². The van der Waals surface area contributed by atoms with Gasteiger partial charge in [0.1, 0.15) is 12.4 Å². The minimum atomic E-state index is -2.94. The standard InChI is InChI=1S/C11H15BrO3S/c1-3-16(13,14)7-6-15-11-5-4-10(12)8-9(11)2/h4-5,8H,3,6-7H2,1-2H3. The van der Waals surface area contributed by atoms with Gasteiger partial charge in [0.15, 0.2) is 9.84 Å². The molecule has 3 nitrogen and oxygen atoms in total. The smallest absolute Gasteiger partial charge is 0.153 e. The lowest BCUT2D eigenvalue weighted by molar-refractivity contribution is 0.338. The van der Waals surface area contributed by atoms with Crippen LogP contribution in [0.4, 0.5) is 0 Å². The van der Waals surface area contributed by atoms with E-state index in [2.05, 4.69) is 15.9 Å². The molecule has 1 rings (SSSR count). The average molecular weight is 307 g/mol. The first-order valence-corrected chi connectivity index (χ1v) is 7.65. The van der Waals surface area contributed by atoms with Gasteiger partial charge in [-0.2, -0.15) is 0 Å². The first-order valence-electron chi connectivity index (χ1n) is 5.04. The molecule has 16 heavy (non-hydrogen) atoms. The van der Waals surface area contributed by atoms with Crippen molar-refractivity contribution in [3.8, 4) is 5.75 Å². The van der Waals surface area contributed by atoms with Gasteiger partial charge in [-0.15, -0.1) is 0 Å². The second-order valence-corrected chi connectivity index (χ2v) is 6.88. The molecule has 0 atom stereocenters. The number of hydrogen-bond acceptors (Lipinski definition) is 3. The molecule has 0 unspecified atom stereocenters. The van der Waals surface area contributed by atoms with Crippen LogP contribution in [0.1, 0.15) is 12.5 Å². The van der Waals surface area contributed by atoms with E-state index in [1.165, 1.54) is 0 Å². The van der Waals surface area contributed by atoms with Crippen molar-refractivity contribution < 1.29 is 13.2 Å². The molecule has 0 aliphatic carbocycles. The second kappa shape index (κ2) is 5.68. The summed E-state index contributed by atoms with van der Waals surface area (Å²) in [4.78, 5) is 0. The lowest BCUT2D eigenvalue weighted by Crippen LogP contribution is -2.15. The van der Waals surface area contributed by atoms with Gasteiger partial charge in [0.2, 0.25) is 0 Å².